The molecule has 22 heavy (non-hydrogen) atoms. The summed E-state index contributed by atoms with van der Waals surface area (Å²) >= 11 is 0. The molecule has 0 aromatic heterocycles. The summed E-state index contributed by atoms with van der Waals surface area (Å²) in [6.45, 7) is 0.705. The molecule has 2 aromatic rings. The van der Waals surface area contributed by atoms with Gasteiger partial charge in [-0.1, -0.05) is 48.5 Å². The fourth-order valence-corrected chi connectivity index (χ4v) is 2.31. The number of rotatable bonds is 0. The van der Waals surface area contributed by atoms with Crippen LogP contribution >= 0.6 is 0 Å². The Balaban J connectivity index is 0.000000133. The van der Waals surface area contributed by atoms with Gasteiger partial charge in [0.2, 0.25) is 0 Å². The number of ketones is 2. The number of carbonyl (C=O) groups is 2. The van der Waals surface area contributed by atoms with Gasteiger partial charge in [-0.3, -0.25) is 9.59 Å². The Bertz CT molecular complexity index is 748. The molecule has 0 spiro atoms. The monoisotopic (exact) mass is 290 g/mol. The first kappa shape index (κ1) is 14.0. The van der Waals surface area contributed by atoms with E-state index in [1.807, 2.05) is 30.3 Å². The smallest absolute Gasteiger partial charge is 0.186 e. The van der Waals surface area contributed by atoms with Gasteiger partial charge in [0.05, 0.1) is 0 Å². The van der Waals surface area contributed by atoms with Crippen molar-refractivity contribution in [1.82, 2.24) is 0 Å². The molecule has 0 atom stereocenters. The maximum absolute atomic E-state index is 11.2. The van der Waals surface area contributed by atoms with Gasteiger partial charge in [0.15, 0.2) is 11.6 Å². The molecule has 0 fully saturated rings. The molecule has 0 N–H and O–H groups in total. The molecule has 4 rings (SSSR count). The van der Waals surface area contributed by atoms with Gasteiger partial charge >= 0.3 is 0 Å². The van der Waals surface area contributed by atoms with Crippen LogP contribution in [0, 0.1) is 0 Å². The highest BCUT2D eigenvalue weighted by atomic mass is 16.5. The molecule has 0 saturated carbocycles. The number of carbonyl (C=O) groups excluding carboxylic acids is 2. The van der Waals surface area contributed by atoms with E-state index in [1.54, 1.807) is 24.3 Å². The van der Waals surface area contributed by atoms with Crippen LogP contribution in [-0.2, 0) is 0 Å². The van der Waals surface area contributed by atoms with Crippen LogP contribution in [-0.4, -0.2) is 18.2 Å². The van der Waals surface area contributed by atoms with E-state index in [1.165, 1.54) is 17.7 Å². The third-order valence-corrected chi connectivity index (χ3v) is 3.40. The summed E-state index contributed by atoms with van der Waals surface area (Å²) in [4.78, 5) is 22.4. The number of allylic oxidation sites excluding steroid dienone is 2. The summed E-state index contributed by atoms with van der Waals surface area (Å²) in [6, 6.07) is 14.9. The molecule has 0 unspecified atom stereocenters. The Kier molecular flexibility index (Phi) is 3.97. The number of hydrogen-bond acceptors (Lipinski definition) is 3. The van der Waals surface area contributed by atoms with Gasteiger partial charge in [-0.25, -0.2) is 0 Å². The highest BCUT2D eigenvalue weighted by Crippen LogP contribution is 2.21. The fraction of sp³-hybridized carbons (Fsp3) is 0.0526. The molecule has 1 aliphatic heterocycles. The third kappa shape index (κ3) is 2.88. The largest absolute Gasteiger partial charge is 0.489 e. The van der Waals surface area contributed by atoms with E-state index in [-0.39, 0.29) is 11.6 Å². The number of fused-ring (bicyclic) bond motifs is 2. The van der Waals surface area contributed by atoms with Crippen molar-refractivity contribution < 1.29 is 14.3 Å². The minimum Gasteiger partial charge on any atom is -0.489 e. The van der Waals surface area contributed by atoms with Crippen LogP contribution in [0.5, 0.6) is 5.75 Å². The first-order chi connectivity index (χ1) is 10.8. The van der Waals surface area contributed by atoms with E-state index >= 15 is 0 Å². The summed E-state index contributed by atoms with van der Waals surface area (Å²) in [5.74, 6) is 0.806. The molecule has 1 heterocycles. The van der Waals surface area contributed by atoms with Crippen molar-refractivity contribution in [2.75, 3.05) is 6.61 Å². The quantitative estimate of drug-likeness (QED) is 0.742. The Hall–Kier alpha value is -2.94. The van der Waals surface area contributed by atoms with Gasteiger partial charge < -0.3 is 4.74 Å². The van der Waals surface area contributed by atoms with Crippen molar-refractivity contribution in [3.05, 3.63) is 83.4 Å². The number of hydrogen-bond donors (Lipinski definition) is 0. The summed E-state index contributed by atoms with van der Waals surface area (Å²) in [6.07, 6.45) is 6.72. The second-order valence-electron chi connectivity index (χ2n) is 4.86. The van der Waals surface area contributed by atoms with E-state index in [0.29, 0.717) is 17.7 Å². The van der Waals surface area contributed by atoms with Crippen LogP contribution in [0.15, 0.2) is 66.8 Å². The molecule has 0 radical (unpaired) electrons. The van der Waals surface area contributed by atoms with E-state index in [2.05, 4.69) is 6.08 Å². The van der Waals surface area contributed by atoms with Crippen molar-refractivity contribution in [3.63, 3.8) is 0 Å². The van der Waals surface area contributed by atoms with Gasteiger partial charge in [0, 0.05) is 16.7 Å². The maximum Gasteiger partial charge on any atom is 0.186 e. The third-order valence-electron chi connectivity index (χ3n) is 3.40. The molecule has 108 valence electrons. The molecule has 2 aliphatic rings. The lowest BCUT2D eigenvalue weighted by Gasteiger charge is -2.10. The number of para-hydroxylation sites is 1. The van der Waals surface area contributed by atoms with Crippen LogP contribution in [0.4, 0.5) is 0 Å². The zero-order valence-electron chi connectivity index (χ0n) is 11.9. The van der Waals surface area contributed by atoms with Crippen molar-refractivity contribution in [2.45, 2.75) is 0 Å². The van der Waals surface area contributed by atoms with Gasteiger partial charge in [-0.05, 0) is 24.3 Å². The minimum absolute atomic E-state index is 0.0924. The van der Waals surface area contributed by atoms with Crippen LogP contribution in [0.2, 0.25) is 0 Å². The highest BCUT2D eigenvalue weighted by molar-refractivity contribution is 6.21. The predicted octanol–water partition coefficient (Wildman–Crippen LogP) is 3.71. The Morgan fingerprint density at radius 3 is 1.95 bits per heavy atom. The normalized spacial score (nSPS) is 14.4. The minimum atomic E-state index is -0.0924. The fourth-order valence-electron chi connectivity index (χ4n) is 2.31. The van der Waals surface area contributed by atoms with Crippen LogP contribution in [0.3, 0.4) is 0 Å². The first-order valence-corrected chi connectivity index (χ1v) is 7.00. The average Bonchev–Trinajstić information content (AvgIpc) is 2.59. The van der Waals surface area contributed by atoms with Crippen molar-refractivity contribution in [1.29, 1.82) is 0 Å². The number of ether oxygens (including phenoxy) is 1. The van der Waals surface area contributed by atoms with Crippen LogP contribution in [0.1, 0.15) is 26.3 Å². The molecule has 3 nitrogen and oxygen atoms in total. The average molecular weight is 290 g/mol. The van der Waals surface area contributed by atoms with Crippen molar-refractivity contribution in [2.24, 2.45) is 0 Å². The Morgan fingerprint density at radius 2 is 1.32 bits per heavy atom. The summed E-state index contributed by atoms with van der Waals surface area (Å²) < 4.78 is 5.34. The van der Waals surface area contributed by atoms with Gasteiger partial charge in [-0.15, -0.1) is 0 Å². The molecule has 0 saturated heterocycles. The molecule has 3 heteroatoms. The van der Waals surface area contributed by atoms with Crippen molar-refractivity contribution in [3.8, 4) is 5.75 Å². The molecular formula is C19H14O3. The Morgan fingerprint density at radius 1 is 0.727 bits per heavy atom. The molecule has 2 aromatic carbocycles. The second-order valence-corrected chi connectivity index (χ2v) is 4.86. The zero-order chi connectivity index (χ0) is 15.4. The SMILES string of the molecule is C1=Cc2ccccc2OC1.O=C1C=CC(=O)c2ccccc21. The topological polar surface area (TPSA) is 43.4 Å². The molecular weight excluding hydrogens is 276 g/mol. The number of benzene rings is 2. The van der Waals surface area contributed by atoms with Gasteiger partial charge in [-0.2, -0.15) is 0 Å². The second kappa shape index (κ2) is 6.22. The van der Waals surface area contributed by atoms with E-state index in [0.717, 1.165) is 5.75 Å². The van der Waals surface area contributed by atoms with Gasteiger partial charge in [0.25, 0.3) is 0 Å². The van der Waals surface area contributed by atoms with Crippen molar-refractivity contribution >= 4 is 17.6 Å². The summed E-state index contributed by atoms with van der Waals surface area (Å²) in [7, 11) is 0. The standard InChI is InChI=1S/C10H6O2.C9H8O/c11-9-5-6-10(12)8-4-2-1-3-7(8)9;1-2-6-9-8(4-1)5-3-7-10-9/h1-6H;1-6H,7H2. The lowest BCUT2D eigenvalue weighted by atomic mass is 9.95. The van der Waals surface area contributed by atoms with E-state index in [4.69, 9.17) is 4.74 Å². The predicted molar refractivity (Wildman–Crippen MR) is 85.2 cm³/mol. The zero-order valence-corrected chi connectivity index (χ0v) is 11.9. The molecule has 1 aliphatic carbocycles. The first-order valence-electron chi connectivity index (χ1n) is 7.00. The van der Waals surface area contributed by atoms with Crippen LogP contribution < -0.4 is 4.74 Å². The lowest BCUT2D eigenvalue weighted by molar-refractivity contribution is 0.0994. The highest BCUT2D eigenvalue weighted by Gasteiger charge is 2.16. The molecule has 0 bridgehead atoms. The lowest BCUT2D eigenvalue weighted by Crippen LogP contribution is -2.10. The summed E-state index contributed by atoms with van der Waals surface area (Å²) in [5.41, 5.74) is 2.18. The van der Waals surface area contributed by atoms with E-state index < -0.39 is 0 Å². The van der Waals surface area contributed by atoms with Crippen LogP contribution in [0.25, 0.3) is 6.08 Å². The Labute approximate surface area is 128 Å². The maximum atomic E-state index is 11.2. The van der Waals surface area contributed by atoms with Gasteiger partial charge in [0.1, 0.15) is 12.4 Å². The molecule has 0 amide bonds. The summed E-state index contributed by atoms with van der Waals surface area (Å²) in [5, 5.41) is 0. The van der Waals surface area contributed by atoms with E-state index in [9.17, 15) is 9.59 Å².